The molecule has 4 heteroatoms. The molecule has 0 radical (unpaired) electrons. The summed E-state index contributed by atoms with van der Waals surface area (Å²) in [6.07, 6.45) is 3.71. The molecule has 0 aliphatic rings. The summed E-state index contributed by atoms with van der Waals surface area (Å²) >= 11 is 4.88. The van der Waals surface area contributed by atoms with Crippen LogP contribution in [0.2, 0.25) is 0 Å². The molecule has 0 fully saturated rings. The first-order valence-corrected chi connectivity index (χ1v) is 6.75. The van der Waals surface area contributed by atoms with Gasteiger partial charge in [-0.2, -0.15) is 10.5 Å². The lowest BCUT2D eigenvalue weighted by Gasteiger charge is -2.03. The molecule has 2 nitrogen and oxygen atoms in total. The highest BCUT2D eigenvalue weighted by Gasteiger charge is 2.07. The van der Waals surface area contributed by atoms with Crippen LogP contribution < -0.4 is 0 Å². The van der Waals surface area contributed by atoms with Gasteiger partial charge in [0.2, 0.25) is 0 Å². The van der Waals surface area contributed by atoms with Crippen LogP contribution in [-0.4, -0.2) is 6.26 Å². The maximum atomic E-state index is 8.96. The zero-order chi connectivity index (χ0) is 12.7. The van der Waals surface area contributed by atoms with E-state index in [9.17, 15) is 0 Å². The highest BCUT2D eigenvalue weighted by atomic mass is 79.9. The van der Waals surface area contributed by atoms with Crippen molar-refractivity contribution in [2.45, 2.75) is 0 Å². The number of halogens is 1. The van der Waals surface area contributed by atoms with Gasteiger partial charge in [-0.3, -0.25) is 0 Å². The van der Waals surface area contributed by atoms with Gasteiger partial charge < -0.3 is 0 Å². The SMILES string of the molecule is CSC(Br)=CC(=C(C#N)C#N)c1ccccc1. The summed E-state index contributed by atoms with van der Waals surface area (Å²) in [6.45, 7) is 0. The second kappa shape index (κ2) is 6.96. The fourth-order valence-electron chi connectivity index (χ4n) is 1.24. The lowest BCUT2D eigenvalue weighted by molar-refractivity contribution is 1.46. The van der Waals surface area contributed by atoms with Crippen molar-refractivity contribution in [2.24, 2.45) is 0 Å². The summed E-state index contributed by atoms with van der Waals surface area (Å²) in [4.78, 5) is 0. The van der Waals surface area contributed by atoms with E-state index in [1.54, 1.807) is 6.08 Å². The number of hydrogen-bond donors (Lipinski definition) is 0. The molecule has 0 bridgehead atoms. The van der Waals surface area contributed by atoms with Gasteiger partial charge in [0.05, 0.1) is 3.81 Å². The van der Waals surface area contributed by atoms with E-state index < -0.39 is 0 Å². The number of benzene rings is 1. The molecule has 1 aromatic rings. The van der Waals surface area contributed by atoms with Gasteiger partial charge in [-0.1, -0.05) is 30.3 Å². The van der Waals surface area contributed by atoms with Gasteiger partial charge in [-0.05, 0) is 33.8 Å². The molecule has 0 spiro atoms. The maximum Gasteiger partial charge on any atom is 0.137 e. The Morgan fingerprint density at radius 3 is 2.29 bits per heavy atom. The second-order valence-corrected chi connectivity index (χ2v) is 5.26. The first-order chi connectivity index (χ1) is 8.22. The first-order valence-electron chi connectivity index (χ1n) is 4.74. The molecule has 0 aliphatic heterocycles. The average Bonchev–Trinajstić information content (AvgIpc) is 2.39. The first kappa shape index (κ1) is 13.6. The minimum Gasteiger partial charge on any atom is -0.192 e. The van der Waals surface area contributed by atoms with Crippen molar-refractivity contribution in [1.82, 2.24) is 0 Å². The fourth-order valence-corrected chi connectivity index (χ4v) is 1.70. The van der Waals surface area contributed by atoms with Crippen LogP contribution in [0.5, 0.6) is 0 Å². The number of nitrogens with zero attached hydrogens (tertiary/aromatic N) is 2. The number of thioether (sulfide) groups is 1. The van der Waals surface area contributed by atoms with Gasteiger partial charge in [0, 0.05) is 5.57 Å². The van der Waals surface area contributed by atoms with Crippen LogP contribution in [0, 0.1) is 22.7 Å². The third-order valence-corrected chi connectivity index (χ3v) is 3.74. The van der Waals surface area contributed by atoms with E-state index in [2.05, 4.69) is 15.9 Å². The van der Waals surface area contributed by atoms with E-state index in [0.717, 1.165) is 9.38 Å². The lowest BCUT2D eigenvalue weighted by Crippen LogP contribution is -1.86. The van der Waals surface area contributed by atoms with Crippen molar-refractivity contribution in [3.05, 3.63) is 51.4 Å². The maximum absolute atomic E-state index is 8.96. The van der Waals surface area contributed by atoms with Crippen molar-refractivity contribution in [1.29, 1.82) is 10.5 Å². The Morgan fingerprint density at radius 2 is 1.82 bits per heavy atom. The van der Waals surface area contributed by atoms with Crippen LogP contribution in [0.4, 0.5) is 0 Å². The van der Waals surface area contributed by atoms with Crippen LogP contribution in [0.25, 0.3) is 5.57 Å². The lowest BCUT2D eigenvalue weighted by atomic mass is 10.0. The summed E-state index contributed by atoms with van der Waals surface area (Å²) in [5.74, 6) is 0. The molecule has 17 heavy (non-hydrogen) atoms. The summed E-state index contributed by atoms with van der Waals surface area (Å²) in [6, 6.07) is 13.3. The van der Waals surface area contributed by atoms with E-state index in [-0.39, 0.29) is 5.57 Å². The van der Waals surface area contributed by atoms with E-state index in [4.69, 9.17) is 10.5 Å². The van der Waals surface area contributed by atoms with E-state index >= 15 is 0 Å². The second-order valence-electron chi connectivity index (χ2n) is 3.03. The topological polar surface area (TPSA) is 47.6 Å². The van der Waals surface area contributed by atoms with Crippen molar-refractivity contribution < 1.29 is 0 Å². The third kappa shape index (κ3) is 3.78. The predicted molar refractivity (Wildman–Crippen MR) is 75.1 cm³/mol. The van der Waals surface area contributed by atoms with Gasteiger partial charge in [0.15, 0.2) is 0 Å². The molecule has 0 N–H and O–H groups in total. The molecular weight excluding hydrogens is 296 g/mol. The third-order valence-electron chi connectivity index (χ3n) is 2.03. The van der Waals surface area contributed by atoms with Crippen molar-refractivity contribution >= 4 is 33.3 Å². The van der Waals surface area contributed by atoms with Gasteiger partial charge in [0.1, 0.15) is 17.7 Å². The van der Waals surface area contributed by atoms with Crippen LogP contribution in [0.3, 0.4) is 0 Å². The van der Waals surface area contributed by atoms with Crippen LogP contribution in [0.15, 0.2) is 45.8 Å². The zero-order valence-corrected chi connectivity index (χ0v) is 11.5. The van der Waals surface area contributed by atoms with Gasteiger partial charge in [-0.25, -0.2) is 0 Å². The van der Waals surface area contributed by atoms with Crippen molar-refractivity contribution in [2.75, 3.05) is 6.26 Å². The fraction of sp³-hybridized carbons (Fsp3) is 0.0769. The van der Waals surface area contributed by atoms with Crippen LogP contribution >= 0.6 is 27.7 Å². The Balaban J connectivity index is 3.39. The predicted octanol–water partition coefficient (Wildman–Crippen LogP) is 4.09. The highest BCUT2D eigenvalue weighted by Crippen LogP contribution is 2.27. The molecule has 0 unspecified atom stereocenters. The Bertz CT molecular complexity index is 517. The molecule has 1 aromatic carbocycles. The van der Waals surface area contributed by atoms with Crippen molar-refractivity contribution in [3.8, 4) is 12.1 Å². The molecule has 0 aliphatic carbocycles. The Labute approximate surface area is 113 Å². The average molecular weight is 305 g/mol. The van der Waals surface area contributed by atoms with E-state index in [1.165, 1.54) is 11.8 Å². The number of hydrogen-bond acceptors (Lipinski definition) is 3. The molecule has 1 rings (SSSR count). The van der Waals surface area contributed by atoms with Crippen LogP contribution in [-0.2, 0) is 0 Å². The number of rotatable bonds is 3. The summed E-state index contributed by atoms with van der Waals surface area (Å²) in [7, 11) is 0. The van der Waals surface area contributed by atoms with E-state index in [0.29, 0.717) is 5.57 Å². The molecule has 0 heterocycles. The number of allylic oxidation sites excluding steroid dienone is 3. The van der Waals surface area contributed by atoms with Gasteiger partial charge in [0.25, 0.3) is 0 Å². The summed E-state index contributed by atoms with van der Waals surface area (Å²) in [5, 5.41) is 17.9. The standard InChI is InChI=1S/C13H9BrN2S/c1-17-13(14)7-12(11(8-15)9-16)10-5-3-2-4-6-10/h2-7H,1H3. The minimum atomic E-state index is 0.113. The normalized spacial score (nSPS) is 10.2. The summed E-state index contributed by atoms with van der Waals surface area (Å²) in [5.41, 5.74) is 1.61. The number of nitriles is 2. The minimum absolute atomic E-state index is 0.113. The largest absolute Gasteiger partial charge is 0.192 e. The van der Waals surface area contributed by atoms with Crippen LogP contribution in [0.1, 0.15) is 5.56 Å². The molecular formula is C13H9BrN2S. The Morgan fingerprint density at radius 1 is 1.24 bits per heavy atom. The molecule has 0 saturated carbocycles. The van der Waals surface area contributed by atoms with E-state index in [1.807, 2.05) is 48.7 Å². The molecule has 0 atom stereocenters. The summed E-state index contributed by atoms with van der Waals surface area (Å²) < 4.78 is 0.874. The highest BCUT2D eigenvalue weighted by molar-refractivity contribution is 9.14. The quantitative estimate of drug-likeness (QED) is 0.624. The molecule has 84 valence electrons. The van der Waals surface area contributed by atoms with Crippen molar-refractivity contribution in [3.63, 3.8) is 0 Å². The molecule has 0 saturated heterocycles. The molecule has 0 aromatic heterocycles. The molecule has 0 amide bonds. The smallest absolute Gasteiger partial charge is 0.137 e. The zero-order valence-electron chi connectivity index (χ0n) is 9.14. The van der Waals surface area contributed by atoms with Gasteiger partial charge >= 0.3 is 0 Å². The monoisotopic (exact) mass is 304 g/mol. The van der Waals surface area contributed by atoms with Gasteiger partial charge in [-0.15, -0.1) is 11.8 Å². The Kier molecular flexibility index (Phi) is 5.56. The Hall–Kier alpha value is -1.49.